The first kappa shape index (κ1) is 24.7. The lowest BCUT2D eigenvalue weighted by Crippen LogP contribution is -2.40. The highest BCUT2D eigenvalue weighted by molar-refractivity contribution is 6.36. The van der Waals surface area contributed by atoms with Gasteiger partial charge in [0.05, 0.1) is 28.4 Å². The molecule has 1 fully saturated rings. The third kappa shape index (κ3) is 3.78. The molecule has 1 spiro atoms. The number of methoxy groups -OCH3 is 4. The maximum absolute atomic E-state index is 12.7. The molecule has 31 heavy (non-hydrogen) atoms. The third-order valence-electron chi connectivity index (χ3n) is 5.70. The van der Waals surface area contributed by atoms with Crippen molar-refractivity contribution < 1.29 is 38.1 Å². The Labute approximate surface area is 189 Å². The van der Waals surface area contributed by atoms with Gasteiger partial charge >= 0.3 is 23.9 Å². The molecular formula is C21H22Cl2O8. The topological polar surface area (TPSA) is 105 Å². The molecule has 8 nitrogen and oxygen atoms in total. The van der Waals surface area contributed by atoms with Crippen molar-refractivity contribution in [1.82, 2.24) is 0 Å². The van der Waals surface area contributed by atoms with E-state index in [4.69, 9.17) is 32.7 Å². The Morgan fingerprint density at radius 3 is 1.74 bits per heavy atom. The summed E-state index contributed by atoms with van der Waals surface area (Å²) in [6.45, 7) is 3.80. The molecule has 0 aromatic rings. The molecule has 0 amide bonds. The molecule has 2 rings (SSSR count). The maximum Gasteiger partial charge on any atom is 0.345 e. The zero-order valence-electron chi connectivity index (χ0n) is 17.5. The van der Waals surface area contributed by atoms with Crippen LogP contribution in [0.3, 0.4) is 0 Å². The Balaban J connectivity index is 2.73. The van der Waals surface area contributed by atoms with E-state index in [0.29, 0.717) is 0 Å². The first-order chi connectivity index (χ1) is 14.6. The number of hydrogen-bond donors (Lipinski definition) is 0. The first-order valence-electron chi connectivity index (χ1n) is 9.05. The van der Waals surface area contributed by atoms with E-state index in [-0.39, 0.29) is 28.5 Å². The molecule has 1 saturated carbocycles. The second-order valence-electron chi connectivity index (χ2n) is 7.06. The average molecular weight is 473 g/mol. The summed E-state index contributed by atoms with van der Waals surface area (Å²) in [6, 6.07) is 0. The van der Waals surface area contributed by atoms with Crippen LogP contribution in [0.1, 0.15) is 12.8 Å². The highest BCUT2D eigenvalue weighted by Gasteiger charge is 2.65. The number of carbonyl (C=O) groups is 4. The average Bonchev–Trinajstić information content (AvgIpc) is 3.14. The second-order valence-corrected chi connectivity index (χ2v) is 7.87. The summed E-state index contributed by atoms with van der Waals surface area (Å²) in [5.74, 6) is -4.01. The van der Waals surface area contributed by atoms with Gasteiger partial charge < -0.3 is 18.9 Å². The van der Waals surface area contributed by atoms with Crippen LogP contribution in [0.25, 0.3) is 0 Å². The summed E-state index contributed by atoms with van der Waals surface area (Å²) in [5, 5.41) is 0.194. The summed E-state index contributed by atoms with van der Waals surface area (Å²) in [6.07, 6.45) is 4.09. The zero-order valence-corrected chi connectivity index (χ0v) is 19.0. The molecule has 2 aliphatic rings. The molecule has 0 radical (unpaired) electrons. The van der Waals surface area contributed by atoms with Crippen molar-refractivity contribution in [3.8, 4) is 0 Å². The van der Waals surface area contributed by atoms with Crippen molar-refractivity contribution in [1.29, 1.82) is 0 Å². The summed E-state index contributed by atoms with van der Waals surface area (Å²) < 4.78 is 19.1. The van der Waals surface area contributed by atoms with E-state index in [0.717, 1.165) is 28.4 Å². The SMILES string of the molecule is C=C[C@H]1CC(C(=O)OC)(C(=O)OC)CC12C(Cl)=CC(=C(C(=O)OC)C(=O)OC)C=C2Cl. The molecule has 0 aliphatic heterocycles. The van der Waals surface area contributed by atoms with Gasteiger partial charge in [0, 0.05) is 15.5 Å². The number of ether oxygens (including phenoxy) is 4. The Kier molecular flexibility index (Phi) is 7.39. The van der Waals surface area contributed by atoms with Crippen molar-refractivity contribution in [2.45, 2.75) is 12.8 Å². The van der Waals surface area contributed by atoms with Crippen LogP contribution >= 0.6 is 23.2 Å². The van der Waals surface area contributed by atoms with Gasteiger partial charge in [-0.1, -0.05) is 29.3 Å². The molecule has 0 saturated heterocycles. The highest BCUT2D eigenvalue weighted by Crippen LogP contribution is 2.64. The molecule has 10 heteroatoms. The van der Waals surface area contributed by atoms with E-state index in [1.165, 1.54) is 18.2 Å². The van der Waals surface area contributed by atoms with Crippen LogP contribution in [0.4, 0.5) is 0 Å². The number of rotatable bonds is 5. The maximum atomic E-state index is 12.7. The minimum atomic E-state index is -1.67. The Bertz CT molecular complexity index is 872. The van der Waals surface area contributed by atoms with Crippen LogP contribution < -0.4 is 0 Å². The fourth-order valence-electron chi connectivity index (χ4n) is 4.18. The van der Waals surface area contributed by atoms with Crippen LogP contribution in [-0.2, 0) is 38.1 Å². The summed E-state index contributed by atoms with van der Waals surface area (Å²) in [4.78, 5) is 49.6. The smallest absolute Gasteiger partial charge is 0.345 e. The van der Waals surface area contributed by atoms with E-state index in [1.54, 1.807) is 0 Å². The molecule has 0 unspecified atom stereocenters. The molecule has 168 valence electrons. The fourth-order valence-corrected chi connectivity index (χ4v) is 5.08. The van der Waals surface area contributed by atoms with Crippen molar-refractivity contribution in [2.24, 2.45) is 16.7 Å². The molecule has 0 N–H and O–H groups in total. The normalized spacial score (nSPS) is 23.9. The molecule has 0 heterocycles. The van der Waals surface area contributed by atoms with Crippen LogP contribution in [0, 0.1) is 16.7 Å². The lowest BCUT2D eigenvalue weighted by molar-refractivity contribution is -0.169. The van der Waals surface area contributed by atoms with Gasteiger partial charge in [0.15, 0.2) is 11.0 Å². The molecule has 0 bridgehead atoms. The van der Waals surface area contributed by atoms with Gasteiger partial charge in [0.25, 0.3) is 0 Å². The van der Waals surface area contributed by atoms with E-state index in [1.807, 2.05) is 0 Å². The van der Waals surface area contributed by atoms with Gasteiger partial charge in [-0.3, -0.25) is 9.59 Å². The standard InChI is InChI=1S/C21H22Cl2O8/c1-6-12-9-20(18(26)30-4,19(27)31-5)10-21(12)13(22)7-11(8-14(21)23)15(16(24)28-2)17(25)29-3/h6-8,12H,1,9-10H2,2-5H3/t12-/m0/s1. The predicted octanol–water partition coefficient (Wildman–Crippen LogP) is 2.80. The van der Waals surface area contributed by atoms with E-state index < -0.39 is 46.2 Å². The van der Waals surface area contributed by atoms with Crippen LogP contribution in [0.2, 0.25) is 0 Å². The monoisotopic (exact) mass is 472 g/mol. The summed E-state index contributed by atoms with van der Waals surface area (Å²) in [7, 11) is 4.55. The van der Waals surface area contributed by atoms with Crippen molar-refractivity contribution in [3.05, 3.63) is 46.0 Å². The minimum Gasteiger partial charge on any atom is -0.468 e. The van der Waals surface area contributed by atoms with Gasteiger partial charge in [-0.15, -0.1) is 6.58 Å². The van der Waals surface area contributed by atoms with Gasteiger partial charge in [0.1, 0.15) is 0 Å². The summed E-state index contributed by atoms with van der Waals surface area (Å²) in [5.41, 5.74) is -3.22. The lowest BCUT2D eigenvalue weighted by Gasteiger charge is -2.37. The van der Waals surface area contributed by atoms with Crippen molar-refractivity contribution in [2.75, 3.05) is 28.4 Å². The molecular weight excluding hydrogens is 451 g/mol. The van der Waals surface area contributed by atoms with Gasteiger partial charge in [-0.25, -0.2) is 9.59 Å². The molecule has 2 aliphatic carbocycles. The Morgan fingerprint density at radius 1 is 0.935 bits per heavy atom. The van der Waals surface area contributed by atoms with Gasteiger partial charge in [-0.2, -0.15) is 0 Å². The number of hydrogen-bond acceptors (Lipinski definition) is 8. The number of carbonyl (C=O) groups excluding carboxylic acids is 4. The van der Waals surface area contributed by atoms with Crippen molar-refractivity contribution in [3.63, 3.8) is 0 Å². The first-order valence-corrected chi connectivity index (χ1v) is 9.80. The quantitative estimate of drug-likeness (QED) is 0.150. The number of halogens is 2. The van der Waals surface area contributed by atoms with Crippen LogP contribution in [0.5, 0.6) is 0 Å². The second kappa shape index (κ2) is 9.28. The number of allylic oxidation sites excluding steroid dienone is 6. The van der Waals surface area contributed by atoms with Crippen molar-refractivity contribution >= 4 is 47.1 Å². The van der Waals surface area contributed by atoms with Crippen LogP contribution in [-0.4, -0.2) is 52.3 Å². The molecule has 0 aromatic heterocycles. The Hall–Kier alpha value is -2.58. The third-order valence-corrected chi connectivity index (χ3v) is 6.60. The van der Waals surface area contributed by atoms with E-state index in [2.05, 4.69) is 16.1 Å². The van der Waals surface area contributed by atoms with E-state index in [9.17, 15) is 19.2 Å². The zero-order chi connectivity index (χ0) is 23.6. The fraction of sp³-hybridized carbons (Fsp3) is 0.429. The lowest BCUT2D eigenvalue weighted by atomic mass is 9.72. The molecule has 1 atom stereocenters. The van der Waals surface area contributed by atoms with Crippen LogP contribution in [0.15, 0.2) is 46.0 Å². The Morgan fingerprint density at radius 2 is 1.39 bits per heavy atom. The molecule has 0 aromatic carbocycles. The summed E-state index contributed by atoms with van der Waals surface area (Å²) >= 11 is 13.3. The highest BCUT2D eigenvalue weighted by atomic mass is 35.5. The van der Waals surface area contributed by atoms with E-state index >= 15 is 0 Å². The van der Waals surface area contributed by atoms with Gasteiger partial charge in [-0.05, 0) is 36.5 Å². The largest absolute Gasteiger partial charge is 0.468 e. The predicted molar refractivity (Wildman–Crippen MR) is 111 cm³/mol. The number of esters is 4. The van der Waals surface area contributed by atoms with Gasteiger partial charge in [0.2, 0.25) is 0 Å². The minimum absolute atomic E-state index is 0.0100.